The molecule has 0 amide bonds. The van der Waals surface area contributed by atoms with E-state index >= 15 is 0 Å². The lowest BCUT2D eigenvalue weighted by Gasteiger charge is -2.03. The summed E-state index contributed by atoms with van der Waals surface area (Å²) in [6.45, 7) is -0.0930. The van der Waals surface area contributed by atoms with Gasteiger partial charge in [0.1, 0.15) is 12.4 Å². The van der Waals surface area contributed by atoms with E-state index in [9.17, 15) is 4.79 Å². The molecule has 76 valence electrons. The Labute approximate surface area is 86.0 Å². The lowest BCUT2D eigenvalue weighted by Crippen LogP contribution is -2.09. The van der Waals surface area contributed by atoms with Gasteiger partial charge in [-0.15, -0.1) is 0 Å². The van der Waals surface area contributed by atoms with Gasteiger partial charge >= 0.3 is 5.97 Å². The van der Waals surface area contributed by atoms with E-state index in [1.807, 2.05) is 6.07 Å². The standard InChI is InChI=1S/C10H9N3O2/c14-9(15)7-13-5-4-12-10(13)8-2-1-3-11-6-8/h1-6H,7H2,(H,14,15). The van der Waals surface area contributed by atoms with E-state index in [1.165, 1.54) is 0 Å². The molecule has 0 aliphatic heterocycles. The van der Waals surface area contributed by atoms with Crippen LogP contribution in [0.25, 0.3) is 11.4 Å². The zero-order valence-corrected chi connectivity index (χ0v) is 7.87. The molecule has 0 aliphatic rings. The van der Waals surface area contributed by atoms with Crippen LogP contribution in [0.5, 0.6) is 0 Å². The SMILES string of the molecule is O=C(O)Cn1ccnc1-c1cccnc1. The average Bonchev–Trinajstić information content (AvgIpc) is 2.66. The van der Waals surface area contributed by atoms with Gasteiger partial charge in [0, 0.05) is 30.4 Å². The summed E-state index contributed by atoms with van der Waals surface area (Å²) < 4.78 is 1.57. The number of rotatable bonds is 3. The van der Waals surface area contributed by atoms with E-state index < -0.39 is 5.97 Å². The zero-order valence-electron chi connectivity index (χ0n) is 7.87. The topological polar surface area (TPSA) is 68.0 Å². The molecule has 2 heterocycles. The zero-order chi connectivity index (χ0) is 10.7. The van der Waals surface area contributed by atoms with Crippen molar-refractivity contribution in [3.05, 3.63) is 36.9 Å². The smallest absolute Gasteiger partial charge is 0.323 e. The van der Waals surface area contributed by atoms with Crippen molar-refractivity contribution in [2.45, 2.75) is 6.54 Å². The van der Waals surface area contributed by atoms with Crippen molar-refractivity contribution in [3.63, 3.8) is 0 Å². The summed E-state index contributed by atoms with van der Waals surface area (Å²) >= 11 is 0. The van der Waals surface area contributed by atoms with E-state index in [0.717, 1.165) is 5.56 Å². The first kappa shape index (κ1) is 9.39. The van der Waals surface area contributed by atoms with Crippen LogP contribution in [-0.4, -0.2) is 25.6 Å². The maximum Gasteiger partial charge on any atom is 0.323 e. The first-order valence-electron chi connectivity index (χ1n) is 4.40. The Morgan fingerprint density at radius 3 is 3.00 bits per heavy atom. The van der Waals surface area contributed by atoms with Crippen molar-refractivity contribution in [1.29, 1.82) is 0 Å². The number of aliphatic carboxylic acids is 1. The third-order valence-electron chi connectivity index (χ3n) is 1.94. The highest BCUT2D eigenvalue weighted by molar-refractivity contribution is 5.68. The predicted molar refractivity (Wildman–Crippen MR) is 53.1 cm³/mol. The van der Waals surface area contributed by atoms with E-state index in [4.69, 9.17) is 5.11 Å². The molecule has 0 bridgehead atoms. The minimum atomic E-state index is -0.891. The fourth-order valence-corrected chi connectivity index (χ4v) is 1.34. The van der Waals surface area contributed by atoms with Crippen molar-refractivity contribution in [2.24, 2.45) is 0 Å². The van der Waals surface area contributed by atoms with Crippen molar-refractivity contribution in [2.75, 3.05) is 0 Å². The van der Waals surface area contributed by atoms with Crippen LogP contribution in [-0.2, 0) is 11.3 Å². The van der Waals surface area contributed by atoms with Crippen LogP contribution in [0.4, 0.5) is 0 Å². The number of carboxylic acids is 1. The monoisotopic (exact) mass is 203 g/mol. The molecule has 0 atom stereocenters. The number of imidazole rings is 1. The van der Waals surface area contributed by atoms with E-state index in [0.29, 0.717) is 5.82 Å². The maximum atomic E-state index is 10.6. The van der Waals surface area contributed by atoms with Crippen LogP contribution in [0.15, 0.2) is 36.9 Å². The Kier molecular flexibility index (Phi) is 2.45. The minimum Gasteiger partial charge on any atom is -0.480 e. The first-order chi connectivity index (χ1) is 7.27. The van der Waals surface area contributed by atoms with Gasteiger partial charge in [-0.1, -0.05) is 0 Å². The second-order valence-corrected chi connectivity index (χ2v) is 3.01. The van der Waals surface area contributed by atoms with Gasteiger partial charge in [-0.3, -0.25) is 9.78 Å². The summed E-state index contributed by atoms with van der Waals surface area (Å²) in [6.07, 6.45) is 6.52. The van der Waals surface area contributed by atoms with E-state index in [1.54, 1.807) is 35.4 Å². The van der Waals surface area contributed by atoms with Gasteiger partial charge in [0.15, 0.2) is 0 Å². The Morgan fingerprint density at radius 1 is 1.47 bits per heavy atom. The molecule has 0 aliphatic carbocycles. The van der Waals surface area contributed by atoms with Crippen molar-refractivity contribution in [3.8, 4) is 11.4 Å². The van der Waals surface area contributed by atoms with Gasteiger partial charge in [-0.2, -0.15) is 0 Å². The normalized spacial score (nSPS) is 10.1. The Balaban J connectivity index is 2.37. The second-order valence-electron chi connectivity index (χ2n) is 3.01. The fraction of sp³-hybridized carbons (Fsp3) is 0.100. The van der Waals surface area contributed by atoms with E-state index in [2.05, 4.69) is 9.97 Å². The van der Waals surface area contributed by atoms with Gasteiger partial charge in [0.2, 0.25) is 0 Å². The molecule has 0 unspecified atom stereocenters. The summed E-state index contributed by atoms with van der Waals surface area (Å²) in [5.74, 6) is -0.274. The summed E-state index contributed by atoms with van der Waals surface area (Å²) in [5, 5.41) is 8.69. The van der Waals surface area contributed by atoms with Crippen molar-refractivity contribution in [1.82, 2.24) is 14.5 Å². The molecule has 15 heavy (non-hydrogen) atoms. The maximum absolute atomic E-state index is 10.6. The predicted octanol–water partition coefficient (Wildman–Crippen LogP) is 1.03. The molecule has 0 aromatic carbocycles. The van der Waals surface area contributed by atoms with Crippen LogP contribution in [0.2, 0.25) is 0 Å². The van der Waals surface area contributed by atoms with Crippen molar-refractivity contribution < 1.29 is 9.90 Å². The average molecular weight is 203 g/mol. The highest BCUT2D eigenvalue weighted by Crippen LogP contribution is 2.15. The second kappa shape index (κ2) is 3.91. The molecule has 1 N–H and O–H groups in total. The number of aromatic nitrogens is 3. The fourth-order valence-electron chi connectivity index (χ4n) is 1.34. The van der Waals surface area contributed by atoms with Gasteiger partial charge < -0.3 is 9.67 Å². The summed E-state index contributed by atoms with van der Waals surface area (Å²) in [6, 6.07) is 3.63. The molecule has 0 saturated heterocycles. The third-order valence-corrected chi connectivity index (χ3v) is 1.94. The minimum absolute atomic E-state index is 0.0930. The molecule has 0 radical (unpaired) electrons. The highest BCUT2D eigenvalue weighted by Gasteiger charge is 2.07. The number of carbonyl (C=O) groups is 1. The van der Waals surface area contributed by atoms with Gasteiger partial charge in [0.05, 0.1) is 0 Å². The highest BCUT2D eigenvalue weighted by atomic mass is 16.4. The summed E-state index contributed by atoms with van der Waals surface area (Å²) in [4.78, 5) is 18.6. The molecule has 2 aromatic heterocycles. The quantitative estimate of drug-likeness (QED) is 0.808. The van der Waals surface area contributed by atoms with Crippen LogP contribution in [0.3, 0.4) is 0 Å². The summed E-state index contributed by atoms with van der Waals surface area (Å²) in [7, 11) is 0. The van der Waals surface area contributed by atoms with Crippen LogP contribution < -0.4 is 0 Å². The number of nitrogens with zero attached hydrogens (tertiary/aromatic N) is 3. The molecular weight excluding hydrogens is 194 g/mol. The number of carboxylic acid groups (broad SMARTS) is 1. The molecule has 0 fully saturated rings. The molecule has 5 nitrogen and oxygen atoms in total. The molecule has 5 heteroatoms. The lowest BCUT2D eigenvalue weighted by atomic mass is 10.3. The Bertz CT molecular complexity index is 465. The van der Waals surface area contributed by atoms with Crippen LogP contribution >= 0.6 is 0 Å². The first-order valence-corrected chi connectivity index (χ1v) is 4.40. The Hall–Kier alpha value is -2.17. The molecule has 2 aromatic rings. The molecule has 2 rings (SSSR count). The van der Waals surface area contributed by atoms with E-state index in [-0.39, 0.29) is 6.54 Å². The van der Waals surface area contributed by atoms with Gasteiger partial charge in [0.25, 0.3) is 0 Å². The van der Waals surface area contributed by atoms with Gasteiger partial charge in [-0.25, -0.2) is 4.98 Å². The van der Waals surface area contributed by atoms with Crippen molar-refractivity contribution >= 4 is 5.97 Å². The number of hydrogen-bond donors (Lipinski definition) is 1. The van der Waals surface area contributed by atoms with Gasteiger partial charge in [-0.05, 0) is 12.1 Å². The molecular formula is C10H9N3O2. The largest absolute Gasteiger partial charge is 0.480 e. The Morgan fingerprint density at radius 2 is 2.33 bits per heavy atom. The molecule has 0 spiro atoms. The van der Waals surface area contributed by atoms with Crippen LogP contribution in [0, 0.1) is 0 Å². The number of pyridine rings is 1. The number of hydrogen-bond acceptors (Lipinski definition) is 3. The summed E-state index contributed by atoms with van der Waals surface area (Å²) in [5.41, 5.74) is 0.809. The third kappa shape index (κ3) is 2.01. The lowest BCUT2D eigenvalue weighted by molar-refractivity contribution is -0.137. The molecule has 0 saturated carbocycles. The van der Waals surface area contributed by atoms with Crippen LogP contribution in [0.1, 0.15) is 0 Å².